The van der Waals surface area contributed by atoms with Crippen LogP contribution in [-0.4, -0.2) is 34.4 Å². The van der Waals surface area contributed by atoms with E-state index in [9.17, 15) is 0 Å². The number of imidazole rings is 1. The Morgan fingerprint density at radius 2 is 1.92 bits per heavy atom. The van der Waals surface area contributed by atoms with Gasteiger partial charge in [-0.25, -0.2) is 4.98 Å². The van der Waals surface area contributed by atoms with E-state index in [-0.39, 0.29) is 0 Å². The van der Waals surface area contributed by atoms with Crippen LogP contribution in [0.2, 0.25) is 0 Å². The molecule has 3 aromatic rings. The molecule has 0 fully saturated rings. The highest BCUT2D eigenvalue weighted by Gasteiger charge is 2.13. The van der Waals surface area contributed by atoms with E-state index in [0.29, 0.717) is 17.3 Å². The lowest BCUT2D eigenvalue weighted by Gasteiger charge is -2.08. The highest BCUT2D eigenvalue weighted by Crippen LogP contribution is 2.32. The predicted octanol–water partition coefficient (Wildman–Crippen LogP) is 4.16. The number of rotatable bonds is 6. The van der Waals surface area contributed by atoms with Crippen LogP contribution in [0.25, 0.3) is 34.9 Å². The third kappa shape index (κ3) is 3.19. The van der Waals surface area contributed by atoms with E-state index in [2.05, 4.69) is 26.7 Å². The second kappa shape index (κ2) is 7.09. The minimum Gasteiger partial charge on any atom is -0.493 e. The molecule has 0 aliphatic carbocycles. The van der Waals surface area contributed by atoms with Crippen molar-refractivity contribution in [3.63, 3.8) is 0 Å². The van der Waals surface area contributed by atoms with E-state index in [4.69, 9.17) is 9.47 Å². The summed E-state index contributed by atoms with van der Waals surface area (Å²) in [6, 6.07) is 7.62. The fourth-order valence-electron chi connectivity index (χ4n) is 2.55. The molecule has 3 rings (SSSR count). The van der Waals surface area contributed by atoms with E-state index >= 15 is 0 Å². The molecule has 0 saturated heterocycles. The molecule has 2 heterocycles. The van der Waals surface area contributed by atoms with Crippen molar-refractivity contribution < 1.29 is 9.47 Å². The Morgan fingerprint density at radius 3 is 2.60 bits per heavy atom. The largest absolute Gasteiger partial charge is 0.493 e. The van der Waals surface area contributed by atoms with Crippen LogP contribution in [0.15, 0.2) is 36.9 Å². The number of hydrogen-bond donors (Lipinski definition) is 2. The van der Waals surface area contributed by atoms with Gasteiger partial charge in [0.1, 0.15) is 5.69 Å². The van der Waals surface area contributed by atoms with Crippen LogP contribution >= 0.6 is 0 Å². The lowest BCUT2D eigenvalue weighted by molar-refractivity contribution is 0.355. The van der Waals surface area contributed by atoms with Gasteiger partial charge in [-0.05, 0) is 43.3 Å². The van der Waals surface area contributed by atoms with Gasteiger partial charge >= 0.3 is 0 Å². The van der Waals surface area contributed by atoms with E-state index < -0.39 is 0 Å². The Morgan fingerprint density at radius 1 is 1.12 bits per heavy atom. The molecule has 25 heavy (non-hydrogen) atoms. The van der Waals surface area contributed by atoms with Crippen LogP contribution in [0, 0.1) is 0 Å². The number of nitrogens with one attached hydrogen (secondary N) is 2. The number of benzene rings is 1. The zero-order chi connectivity index (χ0) is 17.8. The summed E-state index contributed by atoms with van der Waals surface area (Å²) in [7, 11) is 3.22. The van der Waals surface area contributed by atoms with Gasteiger partial charge in [-0.2, -0.15) is 5.10 Å². The SMILES string of the molecule is C=Cc1[nH]c(-c2cc(-c3ccc(OC)c(OC)c3)n[nH]2)nc1/C=C\C. The van der Waals surface area contributed by atoms with Gasteiger partial charge in [0.15, 0.2) is 17.3 Å². The second-order valence-electron chi connectivity index (χ2n) is 5.33. The summed E-state index contributed by atoms with van der Waals surface area (Å²) in [5.74, 6) is 2.05. The van der Waals surface area contributed by atoms with Crippen LogP contribution < -0.4 is 9.47 Å². The fourth-order valence-corrected chi connectivity index (χ4v) is 2.55. The summed E-state index contributed by atoms with van der Waals surface area (Å²) in [4.78, 5) is 7.82. The van der Waals surface area contributed by atoms with Crippen LogP contribution in [-0.2, 0) is 0 Å². The van der Waals surface area contributed by atoms with Crippen molar-refractivity contribution in [3.05, 3.63) is 48.3 Å². The maximum atomic E-state index is 5.35. The summed E-state index contributed by atoms with van der Waals surface area (Å²) in [5.41, 5.74) is 4.22. The Kier molecular flexibility index (Phi) is 4.70. The highest BCUT2D eigenvalue weighted by molar-refractivity contribution is 5.70. The first-order valence-corrected chi connectivity index (χ1v) is 7.83. The van der Waals surface area contributed by atoms with Gasteiger partial charge in [-0.15, -0.1) is 0 Å². The van der Waals surface area contributed by atoms with Crippen molar-refractivity contribution in [3.8, 4) is 34.3 Å². The zero-order valence-electron chi connectivity index (χ0n) is 14.5. The molecule has 0 radical (unpaired) electrons. The first kappa shape index (κ1) is 16.6. The lowest BCUT2D eigenvalue weighted by Crippen LogP contribution is -1.90. The number of H-pyrrole nitrogens is 2. The smallest absolute Gasteiger partial charge is 0.161 e. The molecule has 0 atom stereocenters. The zero-order valence-corrected chi connectivity index (χ0v) is 14.5. The van der Waals surface area contributed by atoms with Gasteiger partial charge in [-0.3, -0.25) is 5.10 Å². The first-order chi connectivity index (χ1) is 12.2. The summed E-state index contributed by atoms with van der Waals surface area (Å²) in [5, 5.41) is 7.40. The van der Waals surface area contributed by atoms with E-state index in [0.717, 1.165) is 28.3 Å². The molecule has 2 N–H and O–H groups in total. The number of hydrogen-bond acceptors (Lipinski definition) is 4. The van der Waals surface area contributed by atoms with Gasteiger partial charge < -0.3 is 14.5 Å². The topological polar surface area (TPSA) is 75.8 Å². The molecular formula is C19H20N4O2. The van der Waals surface area contributed by atoms with Gasteiger partial charge in [0.05, 0.1) is 31.3 Å². The lowest BCUT2D eigenvalue weighted by atomic mass is 10.1. The van der Waals surface area contributed by atoms with Gasteiger partial charge in [0.25, 0.3) is 0 Å². The quantitative estimate of drug-likeness (QED) is 0.709. The summed E-state index contributed by atoms with van der Waals surface area (Å²) in [6.45, 7) is 5.76. The summed E-state index contributed by atoms with van der Waals surface area (Å²) < 4.78 is 10.6. The molecule has 0 unspecified atom stereocenters. The second-order valence-corrected chi connectivity index (χ2v) is 5.33. The van der Waals surface area contributed by atoms with E-state index in [1.165, 1.54) is 0 Å². The Balaban J connectivity index is 1.97. The number of methoxy groups -OCH3 is 2. The van der Waals surface area contributed by atoms with Crippen molar-refractivity contribution in [2.24, 2.45) is 0 Å². The summed E-state index contributed by atoms with van der Waals surface area (Å²) in [6.07, 6.45) is 5.62. The van der Waals surface area contributed by atoms with Crippen molar-refractivity contribution in [1.82, 2.24) is 20.2 Å². The molecule has 6 nitrogen and oxygen atoms in total. The number of aromatic nitrogens is 4. The summed E-state index contributed by atoms with van der Waals surface area (Å²) >= 11 is 0. The molecule has 1 aromatic carbocycles. The number of nitrogens with zero attached hydrogens (tertiary/aromatic N) is 2. The minimum atomic E-state index is 0.659. The molecular weight excluding hydrogens is 316 g/mol. The maximum Gasteiger partial charge on any atom is 0.161 e. The number of aromatic amines is 2. The predicted molar refractivity (Wildman–Crippen MR) is 99.5 cm³/mol. The molecule has 6 heteroatoms. The van der Waals surface area contributed by atoms with Gasteiger partial charge in [0, 0.05) is 5.56 Å². The molecule has 0 aliphatic rings. The van der Waals surface area contributed by atoms with E-state index in [1.807, 2.05) is 43.3 Å². The normalized spacial score (nSPS) is 11.0. The van der Waals surface area contributed by atoms with Crippen LogP contribution in [0.5, 0.6) is 11.5 Å². The Labute approximate surface area is 146 Å². The number of ether oxygens (including phenoxy) is 2. The third-order valence-electron chi connectivity index (χ3n) is 3.80. The third-order valence-corrected chi connectivity index (χ3v) is 3.80. The first-order valence-electron chi connectivity index (χ1n) is 7.83. The Bertz CT molecular complexity index is 921. The Hall–Kier alpha value is -3.28. The minimum absolute atomic E-state index is 0.659. The molecule has 0 saturated carbocycles. The van der Waals surface area contributed by atoms with Gasteiger partial charge in [-0.1, -0.05) is 12.7 Å². The molecule has 128 valence electrons. The van der Waals surface area contributed by atoms with Crippen molar-refractivity contribution >= 4 is 12.2 Å². The standard InChI is InChI=1S/C19H20N4O2/c1-5-7-14-13(6-2)20-19(21-14)16-11-15(22-23-16)12-8-9-17(24-3)18(10-12)25-4/h5-11H,2H2,1,3-4H3,(H,20,21)(H,22,23)/b7-5-. The molecule has 0 amide bonds. The van der Waals surface area contributed by atoms with E-state index in [1.54, 1.807) is 20.3 Å². The van der Waals surface area contributed by atoms with Crippen LogP contribution in [0.4, 0.5) is 0 Å². The van der Waals surface area contributed by atoms with Crippen LogP contribution in [0.3, 0.4) is 0 Å². The van der Waals surface area contributed by atoms with Crippen molar-refractivity contribution in [1.29, 1.82) is 0 Å². The number of allylic oxidation sites excluding steroid dienone is 1. The highest BCUT2D eigenvalue weighted by atomic mass is 16.5. The van der Waals surface area contributed by atoms with Crippen molar-refractivity contribution in [2.45, 2.75) is 6.92 Å². The maximum absolute atomic E-state index is 5.35. The van der Waals surface area contributed by atoms with Gasteiger partial charge in [0.2, 0.25) is 0 Å². The molecule has 2 aromatic heterocycles. The molecule has 0 bridgehead atoms. The average molecular weight is 336 g/mol. The van der Waals surface area contributed by atoms with Crippen LogP contribution in [0.1, 0.15) is 18.3 Å². The molecule has 0 aliphatic heterocycles. The fraction of sp³-hybridized carbons (Fsp3) is 0.158. The molecule has 0 spiro atoms. The average Bonchev–Trinajstić information content (AvgIpc) is 3.28. The van der Waals surface area contributed by atoms with Crippen molar-refractivity contribution in [2.75, 3.05) is 14.2 Å². The monoisotopic (exact) mass is 336 g/mol.